The van der Waals surface area contributed by atoms with Gasteiger partial charge in [-0.2, -0.15) is 0 Å². The first-order valence-electron chi connectivity index (χ1n) is 8.16. The van der Waals surface area contributed by atoms with Crippen LogP contribution in [-0.4, -0.2) is 42.3 Å². The van der Waals surface area contributed by atoms with Crippen molar-refractivity contribution in [1.82, 2.24) is 4.90 Å². The highest BCUT2D eigenvalue weighted by molar-refractivity contribution is 5.01. The minimum absolute atomic E-state index is 0.0270. The van der Waals surface area contributed by atoms with E-state index < -0.39 is 0 Å². The van der Waals surface area contributed by atoms with Crippen LogP contribution in [0.1, 0.15) is 59.3 Å². The number of ether oxygens (including phenoxy) is 1. The molecule has 0 aromatic rings. The Morgan fingerprint density at radius 3 is 2.47 bits per heavy atom. The van der Waals surface area contributed by atoms with Crippen molar-refractivity contribution in [2.24, 2.45) is 11.7 Å². The average molecular weight is 268 g/mol. The van der Waals surface area contributed by atoms with Gasteiger partial charge in [0.1, 0.15) is 0 Å². The number of nitrogens with zero attached hydrogens (tertiary/aromatic N) is 1. The molecular weight excluding hydrogens is 236 g/mol. The van der Waals surface area contributed by atoms with Gasteiger partial charge in [-0.1, -0.05) is 20.3 Å². The second-order valence-electron chi connectivity index (χ2n) is 6.85. The molecule has 2 unspecified atom stereocenters. The lowest BCUT2D eigenvalue weighted by molar-refractivity contribution is -0.133. The predicted molar refractivity (Wildman–Crippen MR) is 80.3 cm³/mol. The van der Waals surface area contributed by atoms with Crippen molar-refractivity contribution in [3.8, 4) is 0 Å². The van der Waals surface area contributed by atoms with Crippen molar-refractivity contribution >= 4 is 0 Å². The SMILES string of the molecule is CCC1CCN(C2(CN)CCOC(C)(CC)C2)CC1. The molecular formula is C16H32N2O. The zero-order valence-electron chi connectivity index (χ0n) is 13.1. The standard InChI is InChI=1S/C16H32N2O/c1-4-14-6-9-18(10-7-14)16(13-17)8-11-19-15(3,5-2)12-16/h14H,4-13,17H2,1-3H3. The Labute approximate surface area is 118 Å². The second kappa shape index (κ2) is 6.11. The molecule has 0 amide bonds. The molecule has 2 fully saturated rings. The van der Waals surface area contributed by atoms with Crippen LogP contribution in [0.2, 0.25) is 0 Å². The molecule has 2 atom stereocenters. The van der Waals surface area contributed by atoms with Crippen LogP contribution in [0, 0.1) is 5.92 Å². The highest BCUT2D eigenvalue weighted by atomic mass is 16.5. The molecule has 0 radical (unpaired) electrons. The summed E-state index contributed by atoms with van der Waals surface area (Å²) in [6, 6.07) is 0. The highest BCUT2D eigenvalue weighted by Gasteiger charge is 2.45. The normalized spacial score (nSPS) is 38.5. The Balaban J connectivity index is 2.06. The van der Waals surface area contributed by atoms with E-state index in [-0.39, 0.29) is 11.1 Å². The average Bonchev–Trinajstić information content (AvgIpc) is 2.47. The third kappa shape index (κ3) is 3.14. The third-order valence-corrected chi connectivity index (χ3v) is 5.71. The number of likely N-dealkylation sites (tertiary alicyclic amines) is 1. The van der Waals surface area contributed by atoms with Gasteiger partial charge < -0.3 is 10.5 Å². The summed E-state index contributed by atoms with van der Waals surface area (Å²) in [7, 11) is 0. The maximum atomic E-state index is 6.21. The van der Waals surface area contributed by atoms with E-state index in [9.17, 15) is 0 Å². The molecule has 0 aromatic heterocycles. The molecule has 0 spiro atoms. The van der Waals surface area contributed by atoms with E-state index in [4.69, 9.17) is 10.5 Å². The number of rotatable bonds is 4. The molecule has 2 rings (SSSR count). The fraction of sp³-hybridized carbons (Fsp3) is 1.00. The summed E-state index contributed by atoms with van der Waals surface area (Å²) in [6.45, 7) is 10.9. The summed E-state index contributed by atoms with van der Waals surface area (Å²) >= 11 is 0. The van der Waals surface area contributed by atoms with Gasteiger partial charge in [0.2, 0.25) is 0 Å². The number of hydrogen-bond donors (Lipinski definition) is 1. The van der Waals surface area contributed by atoms with Crippen molar-refractivity contribution in [1.29, 1.82) is 0 Å². The van der Waals surface area contributed by atoms with E-state index in [1.165, 1.54) is 32.4 Å². The molecule has 0 aliphatic carbocycles. The van der Waals surface area contributed by atoms with E-state index in [1.807, 2.05) is 0 Å². The molecule has 0 bridgehead atoms. The van der Waals surface area contributed by atoms with Crippen LogP contribution in [0.4, 0.5) is 0 Å². The fourth-order valence-corrected chi connectivity index (χ4v) is 3.94. The highest BCUT2D eigenvalue weighted by Crippen LogP contribution is 2.39. The van der Waals surface area contributed by atoms with Crippen molar-refractivity contribution in [3.63, 3.8) is 0 Å². The first-order valence-corrected chi connectivity index (χ1v) is 8.16. The zero-order chi connectivity index (χ0) is 13.9. The minimum atomic E-state index is 0.0270. The van der Waals surface area contributed by atoms with Crippen LogP contribution < -0.4 is 5.73 Å². The van der Waals surface area contributed by atoms with Gasteiger partial charge in [-0.15, -0.1) is 0 Å². The number of nitrogens with two attached hydrogens (primary N) is 1. The summed E-state index contributed by atoms with van der Waals surface area (Å²) < 4.78 is 6.02. The first kappa shape index (κ1) is 15.3. The van der Waals surface area contributed by atoms with Gasteiger partial charge >= 0.3 is 0 Å². The Kier molecular flexibility index (Phi) is 4.91. The summed E-state index contributed by atoms with van der Waals surface area (Å²) in [6.07, 6.45) is 7.32. The lowest BCUT2D eigenvalue weighted by atomic mass is 9.76. The van der Waals surface area contributed by atoms with Gasteiger partial charge in [-0.3, -0.25) is 4.90 Å². The van der Waals surface area contributed by atoms with Crippen LogP contribution in [0.5, 0.6) is 0 Å². The van der Waals surface area contributed by atoms with Crippen molar-refractivity contribution < 1.29 is 4.74 Å². The molecule has 112 valence electrons. The smallest absolute Gasteiger partial charge is 0.0670 e. The van der Waals surface area contributed by atoms with Crippen molar-refractivity contribution in [3.05, 3.63) is 0 Å². The lowest BCUT2D eigenvalue weighted by Crippen LogP contribution is -2.62. The molecule has 2 aliphatic rings. The largest absolute Gasteiger partial charge is 0.375 e. The Morgan fingerprint density at radius 1 is 1.26 bits per heavy atom. The van der Waals surface area contributed by atoms with E-state index in [0.29, 0.717) is 0 Å². The minimum Gasteiger partial charge on any atom is -0.375 e. The Bertz CT molecular complexity index is 288. The van der Waals surface area contributed by atoms with E-state index in [2.05, 4.69) is 25.7 Å². The topological polar surface area (TPSA) is 38.5 Å². The molecule has 2 aliphatic heterocycles. The molecule has 0 aromatic carbocycles. The molecule has 0 saturated carbocycles. The van der Waals surface area contributed by atoms with Gasteiger partial charge in [0.25, 0.3) is 0 Å². The monoisotopic (exact) mass is 268 g/mol. The third-order valence-electron chi connectivity index (χ3n) is 5.71. The summed E-state index contributed by atoms with van der Waals surface area (Å²) in [5.41, 5.74) is 6.44. The molecule has 3 heteroatoms. The summed E-state index contributed by atoms with van der Waals surface area (Å²) in [5.74, 6) is 0.934. The zero-order valence-corrected chi connectivity index (χ0v) is 13.1. The van der Waals surface area contributed by atoms with Crippen LogP contribution >= 0.6 is 0 Å². The fourth-order valence-electron chi connectivity index (χ4n) is 3.94. The van der Waals surface area contributed by atoms with Gasteiger partial charge in [0.15, 0.2) is 0 Å². The van der Waals surface area contributed by atoms with Crippen molar-refractivity contribution in [2.75, 3.05) is 26.2 Å². The Hall–Kier alpha value is -0.120. The van der Waals surface area contributed by atoms with Gasteiger partial charge in [0.05, 0.1) is 5.60 Å². The molecule has 2 saturated heterocycles. The summed E-state index contributed by atoms with van der Waals surface area (Å²) in [4.78, 5) is 2.69. The first-order chi connectivity index (χ1) is 9.07. The van der Waals surface area contributed by atoms with Gasteiger partial charge in [-0.05, 0) is 58.0 Å². The lowest BCUT2D eigenvalue weighted by Gasteiger charge is -2.53. The molecule has 3 nitrogen and oxygen atoms in total. The molecule has 19 heavy (non-hydrogen) atoms. The van der Waals surface area contributed by atoms with Crippen LogP contribution in [0.25, 0.3) is 0 Å². The summed E-state index contributed by atoms with van der Waals surface area (Å²) in [5, 5.41) is 0. The quantitative estimate of drug-likeness (QED) is 0.852. The molecule has 2 heterocycles. The van der Waals surface area contributed by atoms with E-state index in [0.717, 1.165) is 38.3 Å². The van der Waals surface area contributed by atoms with Crippen LogP contribution in [0.15, 0.2) is 0 Å². The maximum Gasteiger partial charge on any atom is 0.0670 e. The number of piperidine rings is 1. The van der Waals surface area contributed by atoms with Gasteiger partial charge in [0, 0.05) is 18.7 Å². The van der Waals surface area contributed by atoms with Crippen LogP contribution in [-0.2, 0) is 4.74 Å². The maximum absolute atomic E-state index is 6.21. The van der Waals surface area contributed by atoms with Crippen LogP contribution in [0.3, 0.4) is 0 Å². The van der Waals surface area contributed by atoms with E-state index in [1.54, 1.807) is 0 Å². The van der Waals surface area contributed by atoms with E-state index >= 15 is 0 Å². The Morgan fingerprint density at radius 2 is 1.95 bits per heavy atom. The van der Waals surface area contributed by atoms with Crippen molar-refractivity contribution in [2.45, 2.75) is 70.4 Å². The predicted octanol–water partition coefficient (Wildman–Crippen LogP) is 2.79. The second-order valence-corrected chi connectivity index (χ2v) is 6.85. The number of hydrogen-bond acceptors (Lipinski definition) is 3. The van der Waals surface area contributed by atoms with Gasteiger partial charge in [-0.25, -0.2) is 0 Å². The molecule has 2 N–H and O–H groups in total.